The van der Waals surface area contributed by atoms with Gasteiger partial charge in [0, 0.05) is 17.3 Å². The first-order chi connectivity index (χ1) is 24.3. The van der Waals surface area contributed by atoms with Crippen molar-refractivity contribution in [2.24, 2.45) is 0 Å². The Balaban J connectivity index is 1.32. The summed E-state index contributed by atoms with van der Waals surface area (Å²) in [6, 6.07) is 62.5. The average molecular weight is 643 g/mol. The standard InChI is InChI=1S/C44H30N4Si/c1-4-17-31(18-5-1)42-46-43(48-44(47-42)38-27-14-15-30-45-38)36-24-11-10-23-34(36)35-26-16-29-40-41(35)37-25-12-13-28-39(37)49(40,32-19-6-2-7-20-32)33-21-8-3-9-22-33/h1-30H. The van der Waals surface area contributed by atoms with Crippen LogP contribution in [0.5, 0.6) is 0 Å². The van der Waals surface area contributed by atoms with Gasteiger partial charge in [0.25, 0.3) is 0 Å². The predicted molar refractivity (Wildman–Crippen MR) is 202 cm³/mol. The zero-order chi connectivity index (χ0) is 32.6. The van der Waals surface area contributed by atoms with Crippen LogP contribution in [-0.2, 0) is 0 Å². The first-order valence-corrected chi connectivity index (χ1v) is 18.5. The average Bonchev–Trinajstić information content (AvgIpc) is 3.50. The number of nitrogens with zero attached hydrogens (tertiary/aromatic N) is 4. The number of benzene rings is 6. The summed E-state index contributed by atoms with van der Waals surface area (Å²) in [5.74, 6) is 1.77. The van der Waals surface area contributed by atoms with E-state index in [9.17, 15) is 0 Å². The topological polar surface area (TPSA) is 51.6 Å². The van der Waals surface area contributed by atoms with Gasteiger partial charge in [-0.3, -0.25) is 4.98 Å². The third-order valence-electron chi connectivity index (χ3n) is 9.50. The van der Waals surface area contributed by atoms with E-state index in [0.717, 1.165) is 16.7 Å². The van der Waals surface area contributed by atoms with Crippen molar-refractivity contribution in [1.82, 2.24) is 19.9 Å². The van der Waals surface area contributed by atoms with Gasteiger partial charge in [0.05, 0.1) is 0 Å². The number of hydrogen-bond acceptors (Lipinski definition) is 4. The van der Waals surface area contributed by atoms with Gasteiger partial charge in [-0.2, -0.15) is 0 Å². The van der Waals surface area contributed by atoms with Crippen LogP contribution in [0.15, 0.2) is 182 Å². The van der Waals surface area contributed by atoms with Crippen LogP contribution in [0.4, 0.5) is 0 Å². The molecule has 0 spiro atoms. The highest BCUT2D eigenvalue weighted by molar-refractivity contribution is 7.22. The summed E-state index contributed by atoms with van der Waals surface area (Å²) in [6.45, 7) is 0. The van der Waals surface area contributed by atoms with Crippen LogP contribution in [-0.4, -0.2) is 28.0 Å². The Morgan fingerprint density at radius 1 is 0.347 bits per heavy atom. The van der Waals surface area contributed by atoms with Crippen LogP contribution in [0.25, 0.3) is 56.5 Å². The summed E-state index contributed by atoms with van der Waals surface area (Å²) >= 11 is 0. The molecule has 4 nitrogen and oxygen atoms in total. The smallest absolute Gasteiger partial charge is 0.182 e. The van der Waals surface area contributed by atoms with E-state index in [2.05, 4.69) is 132 Å². The summed E-state index contributed by atoms with van der Waals surface area (Å²) in [5, 5.41) is 5.56. The van der Waals surface area contributed by atoms with Crippen molar-refractivity contribution in [1.29, 1.82) is 0 Å². The van der Waals surface area contributed by atoms with Gasteiger partial charge in [0.15, 0.2) is 25.5 Å². The van der Waals surface area contributed by atoms with Gasteiger partial charge in [-0.15, -0.1) is 0 Å². The Hall–Kier alpha value is -6.30. The van der Waals surface area contributed by atoms with E-state index >= 15 is 0 Å². The lowest BCUT2D eigenvalue weighted by Crippen LogP contribution is -2.72. The van der Waals surface area contributed by atoms with Gasteiger partial charge in [-0.05, 0) is 55.1 Å². The molecule has 230 valence electrons. The summed E-state index contributed by atoms with van der Waals surface area (Å²) in [4.78, 5) is 19.7. The molecule has 8 aromatic rings. The Bertz CT molecular complexity index is 2340. The first-order valence-electron chi connectivity index (χ1n) is 16.5. The number of pyridine rings is 1. The molecule has 0 saturated carbocycles. The molecule has 0 amide bonds. The second kappa shape index (κ2) is 12.1. The molecule has 0 saturated heterocycles. The van der Waals surface area contributed by atoms with Gasteiger partial charge in [-0.1, -0.05) is 164 Å². The van der Waals surface area contributed by atoms with Gasteiger partial charge >= 0.3 is 0 Å². The number of aromatic nitrogens is 4. The Morgan fingerprint density at radius 2 is 0.878 bits per heavy atom. The fraction of sp³-hybridized carbons (Fsp3) is 0. The zero-order valence-electron chi connectivity index (χ0n) is 26.6. The van der Waals surface area contributed by atoms with Crippen molar-refractivity contribution in [3.05, 3.63) is 182 Å². The lowest BCUT2D eigenvalue weighted by atomic mass is 9.91. The van der Waals surface area contributed by atoms with Crippen LogP contribution in [0.1, 0.15) is 0 Å². The Labute approximate surface area is 286 Å². The van der Waals surface area contributed by atoms with E-state index in [-0.39, 0.29) is 0 Å². The molecule has 3 heterocycles. The van der Waals surface area contributed by atoms with Crippen molar-refractivity contribution in [2.45, 2.75) is 0 Å². The molecule has 0 bridgehead atoms. The van der Waals surface area contributed by atoms with Gasteiger partial charge in [0.1, 0.15) is 5.69 Å². The largest absolute Gasteiger partial charge is 0.253 e. The number of hydrogen-bond donors (Lipinski definition) is 0. The quantitative estimate of drug-likeness (QED) is 0.179. The number of rotatable bonds is 6. The SMILES string of the molecule is c1ccc(-c2nc(-c3ccccn3)nc(-c3ccccc3-c3cccc4c3-c3ccccc3[Si]4(c3ccccc3)c3ccccc3)n2)cc1. The highest BCUT2D eigenvalue weighted by atomic mass is 28.3. The molecule has 0 N–H and O–H groups in total. The molecule has 0 fully saturated rings. The minimum absolute atomic E-state index is 0.544. The molecule has 1 aliphatic rings. The highest BCUT2D eigenvalue weighted by Crippen LogP contribution is 2.40. The predicted octanol–water partition coefficient (Wildman–Crippen LogP) is 7.29. The lowest BCUT2D eigenvalue weighted by Gasteiger charge is -2.31. The third-order valence-corrected chi connectivity index (χ3v) is 14.4. The van der Waals surface area contributed by atoms with Crippen molar-refractivity contribution >= 4 is 28.8 Å². The zero-order valence-corrected chi connectivity index (χ0v) is 27.6. The van der Waals surface area contributed by atoms with Gasteiger partial charge < -0.3 is 0 Å². The van der Waals surface area contributed by atoms with Crippen molar-refractivity contribution in [3.8, 4) is 56.5 Å². The summed E-state index contributed by atoms with van der Waals surface area (Å²) < 4.78 is 0. The third kappa shape index (κ3) is 4.74. The van der Waals surface area contributed by atoms with E-state index in [0.29, 0.717) is 23.2 Å². The molecule has 1 aliphatic heterocycles. The van der Waals surface area contributed by atoms with Crippen LogP contribution in [0, 0.1) is 0 Å². The van der Waals surface area contributed by atoms with Crippen LogP contribution >= 0.6 is 0 Å². The summed E-state index contributed by atoms with van der Waals surface area (Å²) in [5.41, 5.74) is 7.40. The van der Waals surface area contributed by atoms with Gasteiger partial charge in [-0.25, -0.2) is 15.0 Å². The normalized spacial score (nSPS) is 12.7. The molecular weight excluding hydrogens is 613 g/mol. The molecule has 0 unspecified atom stereocenters. The maximum Gasteiger partial charge on any atom is 0.182 e. The maximum atomic E-state index is 5.11. The minimum Gasteiger partial charge on any atom is -0.253 e. The second-order valence-electron chi connectivity index (χ2n) is 12.2. The van der Waals surface area contributed by atoms with Crippen LogP contribution < -0.4 is 20.7 Å². The molecular formula is C44H30N4Si. The van der Waals surface area contributed by atoms with E-state index in [1.165, 1.54) is 37.4 Å². The fourth-order valence-electron chi connectivity index (χ4n) is 7.45. The van der Waals surface area contributed by atoms with E-state index < -0.39 is 8.07 Å². The van der Waals surface area contributed by atoms with E-state index in [4.69, 9.17) is 15.0 Å². The summed E-state index contributed by atoms with van der Waals surface area (Å²) in [7, 11) is -2.64. The molecule has 2 aromatic heterocycles. The first kappa shape index (κ1) is 28.9. The van der Waals surface area contributed by atoms with E-state index in [1.54, 1.807) is 6.20 Å². The molecule has 0 aliphatic carbocycles. The molecule has 5 heteroatoms. The summed E-state index contributed by atoms with van der Waals surface area (Å²) in [6.07, 6.45) is 1.77. The highest BCUT2D eigenvalue weighted by Gasteiger charge is 2.49. The Morgan fingerprint density at radius 3 is 1.57 bits per heavy atom. The second-order valence-corrected chi connectivity index (χ2v) is 15.9. The Kier molecular flexibility index (Phi) is 7.10. The van der Waals surface area contributed by atoms with Crippen molar-refractivity contribution in [2.75, 3.05) is 0 Å². The molecule has 6 aromatic carbocycles. The van der Waals surface area contributed by atoms with Crippen LogP contribution in [0.3, 0.4) is 0 Å². The van der Waals surface area contributed by atoms with Crippen LogP contribution in [0.2, 0.25) is 0 Å². The number of fused-ring (bicyclic) bond motifs is 3. The monoisotopic (exact) mass is 642 g/mol. The fourth-order valence-corrected chi connectivity index (χ4v) is 12.7. The minimum atomic E-state index is -2.64. The van der Waals surface area contributed by atoms with Crippen molar-refractivity contribution < 1.29 is 0 Å². The van der Waals surface area contributed by atoms with Crippen molar-refractivity contribution in [3.63, 3.8) is 0 Å². The molecule has 49 heavy (non-hydrogen) atoms. The van der Waals surface area contributed by atoms with Gasteiger partial charge in [0.2, 0.25) is 0 Å². The molecule has 9 rings (SSSR count). The molecule has 0 radical (unpaired) electrons. The molecule has 0 atom stereocenters. The maximum absolute atomic E-state index is 5.11. The lowest BCUT2D eigenvalue weighted by molar-refractivity contribution is 1.06. The van der Waals surface area contributed by atoms with E-state index in [1.807, 2.05) is 48.5 Å².